The summed E-state index contributed by atoms with van der Waals surface area (Å²) in [5.74, 6) is -0.835. The van der Waals surface area contributed by atoms with Gasteiger partial charge in [-0.15, -0.1) is 0 Å². The summed E-state index contributed by atoms with van der Waals surface area (Å²) in [7, 11) is 0. The van der Waals surface area contributed by atoms with Crippen LogP contribution in [0.1, 0.15) is 23.1 Å². The van der Waals surface area contributed by atoms with Gasteiger partial charge in [0.1, 0.15) is 17.2 Å². The number of hydrogen-bond donors (Lipinski definition) is 1. The van der Waals surface area contributed by atoms with E-state index in [9.17, 15) is 13.9 Å². The number of aromatic nitrogens is 1. The third-order valence-electron chi connectivity index (χ3n) is 3.48. The molecule has 4 heteroatoms. The molecule has 0 amide bonds. The zero-order chi connectivity index (χ0) is 12.8. The Kier molecular flexibility index (Phi) is 2.41. The number of hydrogen-bond acceptors (Lipinski definition) is 2. The van der Waals surface area contributed by atoms with Crippen LogP contribution in [-0.4, -0.2) is 10.1 Å². The number of nitrogens with zero attached hydrogens (tertiary/aromatic N) is 1. The van der Waals surface area contributed by atoms with E-state index < -0.39 is 11.4 Å². The monoisotopic (exact) mass is 247 g/mol. The highest BCUT2D eigenvalue weighted by molar-refractivity contribution is 5.45. The van der Waals surface area contributed by atoms with Crippen LogP contribution in [-0.2, 0) is 12.0 Å². The van der Waals surface area contributed by atoms with Crippen molar-refractivity contribution in [3.8, 4) is 0 Å². The standard InChI is InChI=1S/C14H11F2NO/c15-10-6-9(7-17-8-10)14(18)5-4-11-12(14)2-1-3-13(11)16/h1-3,6-8,18H,4-5H2. The highest BCUT2D eigenvalue weighted by atomic mass is 19.1. The lowest BCUT2D eigenvalue weighted by molar-refractivity contribution is 0.0821. The van der Waals surface area contributed by atoms with Gasteiger partial charge in [0.15, 0.2) is 0 Å². The summed E-state index contributed by atoms with van der Waals surface area (Å²) in [6.45, 7) is 0. The van der Waals surface area contributed by atoms with Crippen molar-refractivity contribution in [3.05, 3.63) is 65.0 Å². The zero-order valence-corrected chi connectivity index (χ0v) is 9.53. The molecule has 3 rings (SSSR count). The van der Waals surface area contributed by atoms with Crippen LogP contribution in [0.5, 0.6) is 0 Å². The van der Waals surface area contributed by atoms with E-state index in [1.807, 2.05) is 0 Å². The average molecular weight is 247 g/mol. The molecular formula is C14H11F2NO. The van der Waals surface area contributed by atoms with Crippen molar-refractivity contribution in [1.82, 2.24) is 4.98 Å². The highest BCUT2D eigenvalue weighted by Crippen LogP contribution is 2.42. The van der Waals surface area contributed by atoms with Gasteiger partial charge in [-0.3, -0.25) is 4.98 Å². The molecule has 0 aliphatic heterocycles. The van der Waals surface area contributed by atoms with Crippen LogP contribution in [0.3, 0.4) is 0 Å². The molecule has 0 radical (unpaired) electrons. The van der Waals surface area contributed by atoms with Crippen LogP contribution in [0.15, 0.2) is 36.7 Å². The summed E-state index contributed by atoms with van der Waals surface area (Å²) in [5.41, 5.74) is 0.0398. The normalized spacial score (nSPS) is 21.9. The van der Waals surface area contributed by atoms with Crippen LogP contribution in [0.4, 0.5) is 8.78 Å². The first-order valence-electron chi connectivity index (χ1n) is 5.72. The number of rotatable bonds is 1. The number of halogens is 2. The highest BCUT2D eigenvalue weighted by Gasteiger charge is 2.39. The topological polar surface area (TPSA) is 33.1 Å². The first-order valence-corrected chi connectivity index (χ1v) is 5.72. The van der Waals surface area contributed by atoms with Crippen molar-refractivity contribution in [2.75, 3.05) is 0 Å². The third-order valence-corrected chi connectivity index (χ3v) is 3.48. The molecule has 1 atom stereocenters. The molecule has 1 aliphatic rings. The summed E-state index contributed by atoms with van der Waals surface area (Å²) >= 11 is 0. The number of fused-ring (bicyclic) bond motifs is 1. The lowest BCUT2D eigenvalue weighted by atomic mass is 9.89. The summed E-state index contributed by atoms with van der Waals surface area (Å²) in [4.78, 5) is 3.74. The molecule has 0 saturated heterocycles. The van der Waals surface area contributed by atoms with E-state index in [4.69, 9.17) is 0 Å². The second-order valence-electron chi connectivity index (χ2n) is 4.52. The molecule has 1 heterocycles. The summed E-state index contributed by atoms with van der Waals surface area (Å²) in [5, 5.41) is 10.7. The Labute approximate surface area is 103 Å². The van der Waals surface area contributed by atoms with E-state index in [0.717, 1.165) is 6.20 Å². The van der Waals surface area contributed by atoms with Crippen LogP contribution < -0.4 is 0 Å². The minimum absolute atomic E-state index is 0.326. The van der Waals surface area contributed by atoms with E-state index in [0.29, 0.717) is 29.5 Å². The molecule has 1 aromatic carbocycles. The van der Waals surface area contributed by atoms with Gasteiger partial charge >= 0.3 is 0 Å². The van der Waals surface area contributed by atoms with Crippen molar-refractivity contribution in [1.29, 1.82) is 0 Å². The fraction of sp³-hybridized carbons (Fsp3) is 0.214. The Morgan fingerprint density at radius 3 is 2.83 bits per heavy atom. The zero-order valence-electron chi connectivity index (χ0n) is 9.53. The molecule has 0 spiro atoms. The second kappa shape index (κ2) is 3.85. The van der Waals surface area contributed by atoms with Crippen molar-refractivity contribution in [2.45, 2.75) is 18.4 Å². The smallest absolute Gasteiger partial charge is 0.141 e. The molecule has 0 fully saturated rings. The largest absolute Gasteiger partial charge is 0.380 e. The lowest BCUT2D eigenvalue weighted by Gasteiger charge is -2.24. The van der Waals surface area contributed by atoms with E-state index in [1.54, 1.807) is 12.1 Å². The van der Waals surface area contributed by atoms with E-state index in [-0.39, 0.29) is 5.82 Å². The van der Waals surface area contributed by atoms with Gasteiger partial charge in [0.05, 0.1) is 6.20 Å². The maximum atomic E-state index is 13.6. The fourth-order valence-electron chi connectivity index (χ4n) is 2.58. The summed E-state index contributed by atoms with van der Waals surface area (Å²) in [6.07, 6.45) is 3.28. The quantitative estimate of drug-likeness (QED) is 0.840. The molecule has 1 aromatic heterocycles. The molecule has 1 unspecified atom stereocenters. The van der Waals surface area contributed by atoms with Crippen molar-refractivity contribution >= 4 is 0 Å². The van der Waals surface area contributed by atoms with Gasteiger partial charge in [0, 0.05) is 11.8 Å². The number of pyridine rings is 1. The Morgan fingerprint density at radius 2 is 2.06 bits per heavy atom. The predicted molar refractivity (Wildman–Crippen MR) is 61.9 cm³/mol. The van der Waals surface area contributed by atoms with Crippen molar-refractivity contribution in [3.63, 3.8) is 0 Å². The molecule has 0 saturated carbocycles. The van der Waals surface area contributed by atoms with Crippen LogP contribution in [0, 0.1) is 11.6 Å². The predicted octanol–water partition coefficient (Wildman–Crippen LogP) is 2.54. The van der Waals surface area contributed by atoms with Gasteiger partial charge in [-0.05, 0) is 36.1 Å². The van der Waals surface area contributed by atoms with Crippen LogP contribution in [0.25, 0.3) is 0 Å². The molecule has 0 bridgehead atoms. The molecule has 92 valence electrons. The van der Waals surface area contributed by atoms with Crippen molar-refractivity contribution < 1.29 is 13.9 Å². The van der Waals surface area contributed by atoms with E-state index >= 15 is 0 Å². The number of benzene rings is 1. The summed E-state index contributed by atoms with van der Waals surface area (Å²) < 4.78 is 26.8. The SMILES string of the molecule is OC1(c2cncc(F)c2)CCc2c(F)cccc21. The minimum atomic E-state index is -1.34. The lowest BCUT2D eigenvalue weighted by Crippen LogP contribution is -2.24. The molecule has 1 aliphatic carbocycles. The molecule has 2 aromatic rings. The van der Waals surface area contributed by atoms with Crippen LogP contribution >= 0.6 is 0 Å². The molecular weight excluding hydrogens is 236 g/mol. The van der Waals surface area contributed by atoms with Crippen molar-refractivity contribution in [2.24, 2.45) is 0 Å². The number of aliphatic hydroxyl groups is 1. The molecule has 18 heavy (non-hydrogen) atoms. The minimum Gasteiger partial charge on any atom is -0.380 e. The molecule has 2 nitrogen and oxygen atoms in total. The molecule has 1 N–H and O–H groups in total. The summed E-state index contributed by atoms with van der Waals surface area (Å²) in [6, 6.07) is 5.84. The van der Waals surface area contributed by atoms with E-state index in [1.165, 1.54) is 18.3 Å². The van der Waals surface area contributed by atoms with Gasteiger partial charge in [0.2, 0.25) is 0 Å². The van der Waals surface area contributed by atoms with E-state index in [2.05, 4.69) is 4.98 Å². The van der Waals surface area contributed by atoms with Gasteiger partial charge < -0.3 is 5.11 Å². The Hall–Kier alpha value is -1.81. The fourth-order valence-corrected chi connectivity index (χ4v) is 2.58. The van der Waals surface area contributed by atoms with Gasteiger partial charge in [0.25, 0.3) is 0 Å². The Morgan fingerprint density at radius 1 is 1.22 bits per heavy atom. The Bertz CT molecular complexity index is 614. The average Bonchev–Trinajstić information content (AvgIpc) is 2.70. The first-order chi connectivity index (χ1) is 8.61. The third kappa shape index (κ3) is 1.53. The van der Waals surface area contributed by atoms with Crippen LogP contribution in [0.2, 0.25) is 0 Å². The Balaban J connectivity index is 2.17. The van der Waals surface area contributed by atoms with Gasteiger partial charge in [-0.2, -0.15) is 0 Å². The van der Waals surface area contributed by atoms with Gasteiger partial charge in [-0.1, -0.05) is 12.1 Å². The maximum Gasteiger partial charge on any atom is 0.141 e. The second-order valence-corrected chi connectivity index (χ2v) is 4.52. The first kappa shape index (κ1) is 11.3. The van der Waals surface area contributed by atoms with Gasteiger partial charge in [-0.25, -0.2) is 8.78 Å². The maximum absolute atomic E-state index is 13.6.